The Morgan fingerprint density at radius 2 is 1.86 bits per heavy atom. The smallest absolute Gasteiger partial charge is 0.240 e. The molecule has 1 rings (SSSR count). The van der Waals surface area contributed by atoms with Crippen molar-refractivity contribution >= 4 is 21.8 Å². The molecule has 0 heterocycles. The molecule has 1 aromatic carbocycles. The van der Waals surface area contributed by atoms with E-state index in [0.29, 0.717) is 12.4 Å². The van der Waals surface area contributed by atoms with Crippen molar-refractivity contribution < 1.29 is 18.3 Å². The summed E-state index contributed by atoms with van der Waals surface area (Å²) in [7, 11) is -3.66. The minimum absolute atomic E-state index is 0.0263. The van der Waals surface area contributed by atoms with Crippen LogP contribution in [-0.2, 0) is 10.0 Å². The molecule has 126 valence electrons. The number of thioether (sulfide) groups is 1. The van der Waals surface area contributed by atoms with Crippen LogP contribution in [0.25, 0.3) is 0 Å². The number of ether oxygens (including phenoxy) is 1. The van der Waals surface area contributed by atoms with Crippen LogP contribution in [0.15, 0.2) is 17.0 Å². The summed E-state index contributed by atoms with van der Waals surface area (Å²) in [6.45, 7) is 7.65. The van der Waals surface area contributed by atoms with Crippen molar-refractivity contribution in [2.75, 3.05) is 25.2 Å². The zero-order chi connectivity index (χ0) is 17.0. The minimum Gasteiger partial charge on any atom is -0.493 e. The fraction of sp³-hybridized carbons (Fsp3) is 0.600. The van der Waals surface area contributed by atoms with Gasteiger partial charge in [-0.1, -0.05) is 0 Å². The standard InChI is InChI=1S/C15H25NO4S2/c1-6-20-14-11(2)7-13(8-12(14)3)22(18,19)16-9-15(4,17)10-21-5/h7-8,16-17H,6,9-10H2,1-5H3. The second-order valence-electron chi connectivity index (χ2n) is 5.57. The lowest BCUT2D eigenvalue weighted by molar-refractivity contribution is 0.0908. The SMILES string of the molecule is CCOc1c(C)cc(S(=O)(=O)NCC(C)(O)CSC)cc1C. The summed E-state index contributed by atoms with van der Waals surface area (Å²) in [5.41, 5.74) is 0.471. The minimum atomic E-state index is -3.66. The highest BCUT2D eigenvalue weighted by Gasteiger charge is 2.24. The van der Waals surface area contributed by atoms with Crippen molar-refractivity contribution in [3.63, 3.8) is 0 Å². The van der Waals surface area contributed by atoms with Crippen LogP contribution in [0, 0.1) is 13.8 Å². The summed E-state index contributed by atoms with van der Waals surface area (Å²) in [6.07, 6.45) is 1.86. The number of aliphatic hydroxyl groups is 1. The second kappa shape index (κ2) is 7.68. The van der Waals surface area contributed by atoms with E-state index in [2.05, 4.69) is 4.72 Å². The van der Waals surface area contributed by atoms with E-state index < -0.39 is 15.6 Å². The molecule has 0 spiro atoms. The molecule has 0 aliphatic carbocycles. The summed E-state index contributed by atoms with van der Waals surface area (Å²) in [4.78, 5) is 0.186. The third-order valence-corrected chi connectivity index (χ3v) is 5.42. The Kier molecular flexibility index (Phi) is 6.73. The monoisotopic (exact) mass is 347 g/mol. The van der Waals surface area contributed by atoms with Gasteiger partial charge in [-0.3, -0.25) is 0 Å². The molecule has 0 aromatic heterocycles. The Morgan fingerprint density at radius 1 is 1.32 bits per heavy atom. The van der Waals surface area contributed by atoms with Gasteiger partial charge in [0.05, 0.1) is 17.1 Å². The molecule has 22 heavy (non-hydrogen) atoms. The van der Waals surface area contributed by atoms with E-state index in [1.807, 2.05) is 27.0 Å². The Bertz CT molecular complexity index is 589. The molecule has 0 saturated heterocycles. The maximum absolute atomic E-state index is 12.4. The molecule has 0 saturated carbocycles. The van der Waals surface area contributed by atoms with Crippen molar-refractivity contribution in [3.05, 3.63) is 23.3 Å². The largest absolute Gasteiger partial charge is 0.493 e. The average Bonchev–Trinajstić information content (AvgIpc) is 2.41. The van der Waals surface area contributed by atoms with E-state index in [9.17, 15) is 13.5 Å². The van der Waals surface area contributed by atoms with Crippen molar-refractivity contribution in [1.29, 1.82) is 0 Å². The Morgan fingerprint density at radius 3 is 2.32 bits per heavy atom. The molecule has 1 unspecified atom stereocenters. The lowest BCUT2D eigenvalue weighted by Gasteiger charge is -2.22. The number of benzene rings is 1. The Balaban J connectivity index is 2.99. The van der Waals surface area contributed by atoms with Crippen molar-refractivity contribution in [1.82, 2.24) is 4.72 Å². The molecular formula is C15H25NO4S2. The molecule has 0 amide bonds. The Hall–Kier alpha value is -0.760. The molecule has 1 aromatic rings. The zero-order valence-corrected chi connectivity index (χ0v) is 15.4. The van der Waals surface area contributed by atoms with Gasteiger partial charge in [0.25, 0.3) is 0 Å². The molecule has 0 fully saturated rings. The van der Waals surface area contributed by atoms with Gasteiger partial charge in [0.1, 0.15) is 5.75 Å². The van der Waals surface area contributed by atoms with Crippen LogP contribution in [0.1, 0.15) is 25.0 Å². The summed E-state index contributed by atoms with van der Waals surface area (Å²) in [6, 6.07) is 3.17. The zero-order valence-electron chi connectivity index (χ0n) is 13.8. The van der Waals surface area contributed by atoms with Crippen LogP contribution in [-0.4, -0.2) is 44.3 Å². The second-order valence-corrected chi connectivity index (χ2v) is 8.21. The normalized spacial score (nSPS) is 14.6. The van der Waals surface area contributed by atoms with Gasteiger partial charge in [-0.25, -0.2) is 13.1 Å². The van der Waals surface area contributed by atoms with Crippen LogP contribution in [0.4, 0.5) is 0 Å². The third kappa shape index (κ3) is 5.15. The number of rotatable bonds is 8. The van der Waals surface area contributed by atoms with Gasteiger partial charge in [0, 0.05) is 12.3 Å². The highest BCUT2D eigenvalue weighted by molar-refractivity contribution is 7.98. The van der Waals surface area contributed by atoms with Crippen molar-refractivity contribution in [2.24, 2.45) is 0 Å². The van der Waals surface area contributed by atoms with Gasteiger partial charge in [-0.2, -0.15) is 11.8 Å². The number of hydrogen-bond acceptors (Lipinski definition) is 5. The van der Waals surface area contributed by atoms with Crippen molar-refractivity contribution in [2.45, 2.75) is 38.2 Å². The number of sulfonamides is 1. The van der Waals surface area contributed by atoms with Gasteiger partial charge in [0.15, 0.2) is 0 Å². The number of nitrogens with one attached hydrogen (secondary N) is 1. The van der Waals surface area contributed by atoms with Crippen LogP contribution >= 0.6 is 11.8 Å². The molecule has 0 aliphatic rings. The summed E-state index contributed by atoms with van der Waals surface area (Å²) < 4.78 is 32.8. The molecule has 0 radical (unpaired) electrons. The first-order chi connectivity index (χ1) is 10.1. The fourth-order valence-electron chi connectivity index (χ4n) is 2.13. The molecule has 7 heteroatoms. The van der Waals surface area contributed by atoms with Gasteiger partial charge in [-0.05, 0) is 57.2 Å². The molecular weight excluding hydrogens is 322 g/mol. The maximum atomic E-state index is 12.4. The predicted octanol–water partition coefficient (Wildman–Crippen LogP) is 2.09. The van der Waals surface area contributed by atoms with E-state index in [1.165, 1.54) is 11.8 Å². The first-order valence-corrected chi connectivity index (χ1v) is 9.95. The van der Waals surface area contributed by atoms with E-state index >= 15 is 0 Å². The lowest BCUT2D eigenvalue weighted by Crippen LogP contribution is -2.42. The highest BCUT2D eigenvalue weighted by atomic mass is 32.2. The molecule has 2 N–H and O–H groups in total. The summed E-state index contributed by atoms with van der Waals surface area (Å²) in [5, 5.41) is 10.1. The topological polar surface area (TPSA) is 75.6 Å². The van der Waals surface area contributed by atoms with Gasteiger partial charge >= 0.3 is 0 Å². The van der Waals surface area contributed by atoms with E-state index in [4.69, 9.17) is 4.74 Å². The highest BCUT2D eigenvalue weighted by Crippen LogP contribution is 2.27. The molecule has 5 nitrogen and oxygen atoms in total. The van der Waals surface area contributed by atoms with Crippen LogP contribution in [0.2, 0.25) is 0 Å². The van der Waals surface area contributed by atoms with E-state index in [0.717, 1.165) is 16.9 Å². The van der Waals surface area contributed by atoms with Gasteiger partial charge in [-0.15, -0.1) is 0 Å². The first-order valence-electron chi connectivity index (χ1n) is 7.08. The summed E-state index contributed by atoms with van der Waals surface area (Å²) in [5.74, 6) is 1.17. The summed E-state index contributed by atoms with van der Waals surface area (Å²) >= 11 is 1.47. The number of hydrogen-bond donors (Lipinski definition) is 2. The Labute approximate surface area is 137 Å². The quantitative estimate of drug-likeness (QED) is 0.753. The van der Waals surface area contributed by atoms with E-state index in [1.54, 1.807) is 19.1 Å². The lowest BCUT2D eigenvalue weighted by atomic mass is 10.1. The average molecular weight is 348 g/mol. The van der Waals surface area contributed by atoms with Gasteiger partial charge < -0.3 is 9.84 Å². The maximum Gasteiger partial charge on any atom is 0.240 e. The molecule has 0 bridgehead atoms. The van der Waals surface area contributed by atoms with Crippen LogP contribution in [0.5, 0.6) is 5.75 Å². The predicted molar refractivity (Wildman–Crippen MR) is 91.3 cm³/mol. The number of aryl methyl sites for hydroxylation is 2. The van der Waals surface area contributed by atoms with Crippen LogP contribution in [0.3, 0.4) is 0 Å². The van der Waals surface area contributed by atoms with Crippen molar-refractivity contribution in [3.8, 4) is 5.75 Å². The third-order valence-electron chi connectivity index (χ3n) is 3.13. The van der Waals surface area contributed by atoms with Gasteiger partial charge in [0.2, 0.25) is 10.0 Å². The van der Waals surface area contributed by atoms with E-state index in [-0.39, 0.29) is 11.4 Å². The fourth-order valence-corrected chi connectivity index (χ4v) is 4.19. The molecule has 0 aliphatic heterocycles. The molecule has 1 atom stereocenters. The first kappa shape index (κ1) is 19.3. The van der Waals surface area contributed by atoms with Crippen LogP contribution < -0.4 is 9.46 Å².